The van der Waals surface area contributed by atoms with Crippen molar-refractivity contribution in [2.75, 3.05) is 20.2 Å². The Hall–Kier alpha value is -3.16. The van der Waals surface area contributed by atoms with Gasteiger partial charge in [-0.1, -0.05) is 30.3 Å². The predicted octanol–water partition coefficient (Wildman–Crippen LogP) is -0.431. The summed E-state index contributed by atoms with van der Waals surface area (Å²) < 4.78 is 4.84. The molecule has 8 nitrogen and oxygen atoms in total. The molecule has 0 aliphatic heterocycles. The molecule has 8 heteroatoms. The minimum atomic E-state index is -0.857. The normalized spacial score (nSPS) is 10.5. The molecule has 24 heavy (non-hydrogen) atoms. The Morgan fingerprint density at radius 3 is 2.33 bits per heavy atom. The molecule has 0 aromatic heterocycles. The van der Waals surface area contributed by atoms with Crippen molar-refractivity contribution in [1.29, 1.82) is 0 Å². The molecule has 0 aliphatic rings. The fourth-order valence-corrected chi connectivity index (χ4v) is 1.58. The van der Waals surface area contributed by atoms with Crippen molar-refractivity contribution in [3.63, 3.8) is 0 Å². The zero-order chi connectivity index (χ0) is 17.9. The molecule has 0 aliphatic carbocycles. The first-order chi connectivity index (χ1) is 11.4. The zero-order valence-corrected chi connectivity index (χ0v) is 13.4. The second kappa shape index (κ2) is 9.78. The Labute approximate surface area is 139 Å². The van der Waals surface area contributed by atoms with Gasteiger partial charge in [-0.15, -0.1) is 0 Å². The summed E-state index contributed by atoms with van der Waals surface area (Å²) in [6.45, 7) is 0.467. The van der Waals surface area contributed by atoms with Gasteiger partial charge in [-0.2, -0.15) is 0 Å². The molecule has 0 radical (unpaired) electrons. The number of esters is 1. The highest BCUT2D eigenvalue weighted by molar-refractivity contribution is 5.98. The lowest BCUT2D eigenvalue weighted by molar-refractivity contribution is -0.145. The number of rotatable bonds is 7. The Morgan fingerprint density at radius 1 is 1.08 bits per heavy atom. The topological polar surface area (TPSA) is 114 Å². The molecule has 0 bridgehead atoms. The standard InChI is InChI=1S/C16H19N3O5/c1-11(20)19-13(8-12-6-4-3-5-7-12)16(23)24-10-15(22)18-9-14(21)17-2/h3-8H,9-10H2,1-2H3,(H,17,21)(H,18,22)(H,19,20)/b13-8-. The predicted molar refractivity (Wildman–Crippen MR) is 86.3 cm³/mol. The fraction of sp³-hybridized carbons (Fsp3) is 0.250. The maximum Gasteiger partial charge on any atom is 0.355 e. The van der Waals surface area contributed by atoms with Gasteiger partial charge >= 0.3 is 5.97 Å². The summed E-state index contributed by atoms with van der Waals surface area (Å²) in [7, 11) is 1.43. The third kappa shape index (κ3) is 7.21. The van der Waals surface area contributed by atoms with E-state index >= 15 is 0 Å². The average Bonchev–Trinajstić information content (AvgIpc) is 2.57. The monoisotopic (exact) mass is 333 g/mol. The van der Waals surface area contributed by atoms with Crippen LogP contribution in [0.2, 0.25) is 0 Å². The molecule has 0 saturated carbocycles. The maximum atomic E-state index is 12.0. The first-order valence-corrected chi connectivity index (χ1v) is 7.11. The smallest absolute Gasteiger partial charge is 0.355 e. The molecule has 0 spiro atoms. The minimum absolute atomic E-state index is 0.0900. The minimum Gasteiger partial charge on any atom is -0.451 e. The van der Waals surface area contributed by atoms with Gasteiger partial charge in [0.05, 0.1) is 6.54 Å². The lowest BCUT2D eigenvalue weighted by atomic mass is 10.2. The van der Waals surface area contributed by atoms with Crippen LogP contribution in [0.1, 0.15) is 12.5 Å². The van der Waals surface area contributed by atoms with E-state index in [1.165, 1.54) is 20.0 Å². The van der Waals surface area contributed by atoms with Gasteiger partial charge in [0.2, 0.25) is 11.8 Å². The molecule has 0 unspecified atom stereocenters. The Bertz CT molecular complexity index is 640. The van der Waals surface area contributed by atoms with Gasteiger partial charge in [-0.3, -0.25) is 14.4 Å². The Kier molecular flexibility index (Phi) is 7.69. The number of hydrogen-bond acceptors (Lipinski definition) is 5. The molecule has 3 N–H and O–H groups in total. The van der Waals surface area contributed by atoms with E-state index in [4.69, 9.17) is 4.74 Å². The van der Waals surface area contributed by atoms with Gasteiger partial charge < -0.3 is 20.7 Å². The van der Waals surface area contributed by atoms with Crippen molar-refractivity contribution >= 4 is 29.8 Å². The lowest BCUT2D eigenvalue weighted by Gasteiger charge is -2.09. The summed E-state index contributed by atoms with van der Waals surface area (Å²) in [6.07, 6.45) is 1.44. The van der Waals surface area contributed by atoms with Crippen LogP contribution in [-0.2, 0) is 23.9 Å². The number of benzene rings is 1. The van der Waals surface area contributed by atoms with Crippen molar-refractivity contribution in [3.05, 3.63) is 41.6 Å². The molecule has 1 aromatic rings. The van der Waals surface area contributed by atoms with Crippen LogP contribution in [0.5, 0.6) is 0 Å². The van der Waals surface area contributed by atoms with Gasteiger partial charge in [0.1, 0.15) is 5.70 Å². The van der Waals surface area contributed by atoms with E-state index in [1.54, 1.807) is 24.3 Å². The van der Waals surface area contributed by atoms with Crippen LogP contribution in [0, 0.1) is 0 Å². The van der Waals surface area contributed by atoms with Crippen LogP contribution in [0.4, 0.5) is 0 Å². The van der Waals surface area contributed by atoms with Crippen molar-refractivity contribution < 1.29 is 23.9 Å². The summed E-state index contributed by atoms with van der Waals surface area (Å²) in [5, 5.41) is 6.98. The molecular weight excluding hydrogens is 314 g/mol. The molecule has 0 fully saturated rings. The number of hydrogen-bond donors (Lipinski definition) is 3. The van der Waals surface area contributed by atoms with Crippen LogP contribution in [0.15, 0.2) is 36.0 Å². The molecular formula is C16H19N3O5. The number of ether oxygens (including phenoxy) is 1. The van der Waals surface area contributed by atoms with Gasteiger partial charge in [-0.05, 0) is 11.6 Å². The summed E-state index contributed by atoms with van der Waals surface area (Å²) in [4.78, 5) is 45.7. The van der Waals surface area contributed by atoms with Crippen LogP contribution >= 0.6 is 0 Å². The van der Waals surface area contributed by atoms with Crippen LogP contribution in [0.3, 0.4) is 0 Å². The Morgan fingerprint density at radius 2 is 1.75 bits per heavy atom. The van der Waals surface area contributed by atoms with Crippen molar-refractivity contribution in [2.45, 2.75) is 6.92 Å². The summed E-state index contributed by atoms with van der Waals surface area (Å²) in [6, 6.07) is 8.84. The average molecular weight is 333 g/mol. The van der Waals surface area contributed by atoms with E-state index < -0.39 is 24.4 Å². The third-order valence-electron chi connectivity index (χ3n) is 2.70. The van der Waals surface area contributed by atoms with Crippen molar-refractivity contribution in [2.24, 2.45) is 0 Å². The van der Waals surface area contributed by atoms with E-state index in [2.05, 4.69) is 16.0 Å². The van der Waals surface area contributed by atoms with E-state index in [0.29, 0.717) is 5.56 Å². The van der Waals surface area contributed by atoms with Crippen LogP contribution in [0.25, 0.3) is 6.08 Å². The molecule has 1 aromatic carbocycles. The maximum absolute atomic E-state index is 12.0. The number of nitrogens with one attached hydrogen (secondary N) is 3. The highest BCUT2D eigenvalue weighted by Crippen LogP contribution is 2.06. The number of carbonyl (C=O) groups excluding carboxylic acids is 4. The second-order valence-electron chi connectivity index (χ2n) is 4.68. The van der Waals surface area contributed by atoms with Gasteiger partial charge in [-0.25, -0.2) is 4.79 Å². The number of carbonyl (C=O) groups is 4. The molecule has 128 valence electrons. The van der Waals surface area contributed by atoms with E-state index in [0.717, 1.165) is 0 Å². The highest BCUT2D eigenvalue weighted by atomic mass is 16.5. The Balaban J connectivity index is 2.65. The molecule has 1 rings (SSSR count). The third-order valence-corrected chi connectivity index (χ3v) is 2.70. The first-order valence-electron chi connectivity index (χ1n) is 7.11. The second-order valence-corrected chi connectivity index (χ2v) is 4.68. The molecule has 0 saturated heterocycles. The highest BCUT2D eigenvalue weighted by Gasteiger charge is 2.15. The SMILES string of the molecule is CNC(=O)CNC(=O)COC(=O)/C(=C/c1ccccc1)NC(C)=O. The molecule has 0 heterocycles. The molecule has 3 amide bonds. The largest absolute Gasteiger partial charge is 0.451 e. The lowest BCUT2D eigenvalue weighted by Crippen LogP contribution is -2.38. The van der Waals surface area contributed by atoms with Gasteiger partial charge in [0.15, 0.2) is 6.61 Å². The van der Waals surface area contributed by atoms with Crippen molar-refractivity contribution in [1.82, 2.24) is 16.0 Å². The summed E-state index contributed by atoms with van der Waals surface area (Å²) >= 11 is 0. The van der Waals surface area contributed by atoms with Gasteiger partial charge in [0.25, 0.3) is 5.91 Å². The van der Waals surface area contributed by atoms with E-state index in [1.807, 2.05) is 6.07 Å². The van der Waals surface area contributed by atoms with E-state index in [9.17, 15) is 19.2 Å². The van der Waals surface area contributed by atoms with Crippen LogP contribution in [-0.4, -0.2) is 43.9 Å². The van der Waals surface area contributed by atoms with E-state index in [-0.39, 0.29) is 18.1 Å². The van der Waals surface area contributed by atoms with Crippen molar-refractivity contribution in [3.8, 4) is 0 Å². The zero-order valence-electron chi connectivity index (χ0n) is 13.4. The van der Waals surface area contributed by atoms with Gasteiger partial charge in [0, 0.05) is 14.0 Å². The fourth-order valence-electron chi connectivity index (χ4n) is 1.58. The number of amides is 3. The van der Waals surface area contributed by atoms with Crippen LogP contribution < -0.4 is 16.0 Å². The summed E-state index contributed by atoms with van der Waals surface area (Å²) in [5.41, 5.74) is 0.593. The quantitative estimate of drug-likeness (QED) is 0.463. The first kappa shape index (κ1) is 18.9. The summed E-state index contributed by atoms with van der Waals surface area (Å²) in [5.74, 6) is -2.31. The number of likely N-dealkylation sites (N-methyl/N-ethyl adjacent to an activating group) is 1. The molecule has 0 atom stereocenters.